The normalized spacial score (nSPS) is 20.5. The molecular weight excluding hydrogens is 226 g/mol. The number of ether oxygens (including phenoxy) is 1. The van der Waals surface area contributed by atoms with E-state index in [1.165, 1.54) is 13.2 Å². The fourth-order valence-electron chi connectivity index (χ4n) is 2.09. The van der Waals surface area contributed by atoms with Gasteiger partial charge in [0.15, 0.2) is 11.6 Å². The molecule has 1 heterocycles. The van der Waals surface area contributed by atoms with Gasteiger partial charge in [-0.05, 0) is 6.92 Å². The van der Waals surface area contributed by atoms with Crippen molar-refractivity contribution in [3.05, 3.63) is 23.8 Å². The third kappa shape index (κ3) is 2.34. The highest BCUT2D eigenvalue weighted by Crippen LogP contribution is 2.28. The van der Waals surface area contributed by atoms with Gasteiger partial charge in [-0.2, -0.15) is 0 Å². The van der Waals surface area contributed by atoms with Gasteiger partial charge in [0.05, 0.1) is 12.8 Å². The number of nitrogens with one attached hydrogen (secondary N) is 1. The van der Waals surface area contributed by atoms with Crippen LogP contribution in [0.5, 0.6) is 5.75 Å². The fourth-order valence-corrected chi connectivity index (χ4v) is 2.09. The van der Waals surface area contributed by atoms with E-state index in [9.17, 15) is 8.78 Å². The zero-order valence-electron chi connectivity index (χ0n) is 9.96. The monoisotopic (exact) mass is 242 g/mol. The van der Waals surface area contributed by atoms with Crippen LogP contribution in [-0.2, 0) is 0 Å². The average Bonchev–Trinajstić information content (AvgIpc) is 2.32. The molecule has 2 rings (SSSR count). The zero-order valence-corrected chi connectivity index (χ0v) is 9.96. The van der Waals surface area contributed by atoms with Crippen molar-refractivity contribution in [3.63, 3.8) is 0 Å². The van der Waals surface area contributed by atoms with Crippen LogP contribution in [0.25, 0.3) is 0 Å². The summed E-state index contributed by atoms with van der Waals surface area (Å²) in [6.07, 6.45) is 0. The van der Waals surface area contributed by atoms with E-state index in [-0.39, 0.29) is 11.8 Å². The van der Waals surface area contributed by atoms with Gasteiger partial charge in [0.25, 0.3) is 0 Å². The van der Waals surface area contributed by atoms with Gasteiger partial charge in [0, 0.05) is 37.8 Å². The third-order valence-corrected chi connectivity index (χ3v) is 3.03. The molecule has 0 aliphatic carbocycles. The first kappa shape index (κ1) is 12.1. The maximum Gasteiger partial charge on any atom is 0.167 e. The van der Waals surface area contributed by atoms with Crippen LogP contribution in [0.3, 0.4) is 0 Å². The predicted octanol–water partition coefficient (Wildman–Crippen LogP) is 1.77. The first-order valence-electron chi connectivity index (χ1n) is 5.64. The molecule has 0 radical (unpaired) electrons. The van der Waals surface area contributed by atoms with E-state index in [4.69, 9.17) is 4.74 Å². The Morgan fingerprint density at radius 1 is 1.35 bits per heavy atom. The minimum absolute atomic E-state index is 0.0611. The van der Waals surface area contributed by atoms with Crippen molar-refractivity contribution in [1.82, 2.24) is 5.32 Å². The van der Waals surface area contributed by atoms with Crippen LogP contribution in [0, 0.1) is 11.6 Å². The Hall–Kier alpha value is -1.36. The Balaban J connectivity index is 2.34. The van der Waals surface area contributed by atoms with Gasteiger partial charge in [-0.25, -0.2) is 8.78 Å². The van der Waals surface area contributed by atoms with E-state index < -0.39 is 11.6 Å². The number of benzene rings is 1. The first-order valence-corrected chi connectivity index (χ1v) is 5.64. The van der Waals surface area contributed by atoms with E-state index >= 15 is 0 Å². The predicted molar refractivity (Wildman–Crippen MR) is 62.6 cm³/mol. The fraction of sp³-hybridized carbons (Fsp3) is 0.500. The van der Waals surface area contributed by atoms with Crippen LogP contribution in [0.15, 0.2) is 12.1 Å². The van der Waals surface area contributed by atoms with Crippen molar-refractivity contribution in [2.75, 3.05) is 31.6 Å². The van der Waals surface area contributed by atoms with Crippen LogP contribution in [0.1, 0.15) is 6.92 Å². The Labute approximate surface area is 99.4 Å². The molecule has 0 amide bonds. The molecule has 17 heavy (non-hydrogen) atoms. The minimum Gasteiger partial charge on any atom is -0.494 e. The third-order valence-electron chi connectivity index (χ3n) is 3.03. The molecule has 1 N–H and O–H groups in total. The highest BCUT2D eigenvalue weighted by molar-refractivity contribution is 5.52. The topological polar surface area (TPSA) is 24.5 Å². The van der Waals surface area contributed by atoms with E-state index in [1.54, 1.807) is 0 Å². The summed E-state index contributed by atoms with van der Waals surface area (Å²) < 4.78 is 32.2. The number of hydrogen-bond donors (Lipinski definition) is 1. The molecule has 1 aromatic rings. The summed E-state index contributed by atoms with van der Waals surface area (Å²) in [6.45, 7) is 4.20. The van der Waals surface area contributed by atoms with E-state index in [0.717, 1.165) is 19.2 Å². The summed E-state index contributed by atoms with van der Waals surface area (Å²) >= 11 is 0. The van der Waals surface area contributed by atoms with Crippen molar-refractivity contribution < 1.29 is 13.5 Å². The number of methoxy groups -OCH3 is 1. The second-order valence-corrected chi connectivity index (χ2v) is 4.18. The Morgan fingerprint density at radius 3 is 2.76 bits per heavy atom. The number of nitrogens with zero attached hydrogens (tertiary/aromatic N) is 1. The molecule has 0 unspecified atom stereocenters. The Bertz CT molecular complexity index is 412. The highest BCUT2D eigenvalue weighted by Gasteiger charge is 2.22. The van der Waals surface area contributed by atoms with Gasteiger partial charge < -0.3 is 15.0 Å². The number of rotatable bonds is 2. The summed E-state index contributed by atoms with van der Waals surface area (Å²) in [6, 6.07) is 2.45. The molecule has 0 spiro atoms. The molecule has 0 saturated carbocycles. The van der Waals surface area contributed by atoms with E-state index in [2.05, 4.69) is 5.32 Å². The molecule has 1 aromatic carbocycles. The van der Waals surface area contributed by atoms with Gasteiger partial charge in [0.1, 0.15) is 5.82 Å². The number of halogens is 2. The lowest BCUT2D eigenvalue weighted by atomic mass is 10.1. The molecule has 1 fully saturated rings. The first-order chi connectivity index (χ1) is 8.13. The lowest BCUT2D eigenvalue weighted by Gasteiger charge is -2.36. The quantitative estimate of drug-likeness (QED) is 0.855. The molecule has 0 aromatic heterocycles. The molecule has 1 aliphatic rings. The van der Waals surface area contributed by atoms with Crippen LogP contribution in [-0.4, -0.2) is 32.8 Å². The summed E-state index contributed by atoms with van der Waals surface area (Å²) in [7, 11) is 1.32. The summed E-state index contributed by atoms with van der Waals surface area (Å²) in [5.74, 6) is -1.04. The second-order valence-electron chi connectivity index (χ2n) is 4.18. The molecular formula is C12H16F2N2O. The standard InChI is InChI=1S/C12H16F2N2O/c1-8-7-15-3-4-16(8)11-5-10(14)12(17-2)6-9(11)13/h5-6,8,15H,3-4,7H2,1-2H3/t8-/m0/s1. The molecule has 94 valence electrons. The molecule has 1 saturated heterocycles. The minimum atomic E-state index is -0.533. The summed E-state index contributed by atoms with van der Waals surface area (Å²) in [5, 5.41) is 3.21. The van der Waals surface area contributed by atoms with Crippen LogP contribution < -0.4 is 15.0 Å². The van der Waals surface area contributed by atoms with Crippen LogP contribution in [0.4, 0.5) is 14.5 Å². The average molecular weight is 242 g/mol. The largest absolute Gasteiger partial charge is 0.494 e. The Kier molecular flexibility index (Phi) is 3.47. The van der Waals surface area contributed by atoms with Crippen molar-refractivity contribution in [1.29, 1.82) is 0 Å². The number of hydrogen-bond acceptors (Lipinski definition) is 3. The lowest BCUT2D eigenvalue weighted by molar-refractivity contribution is 0.382. The SMILES string of the molecule is COc1cc(F)c(N2CCNC[C@@H]2C)cc1F. The zero-order chi connectivity index (χ0) is 12.4. The van der Waals surface area contributed by atoms with Gasteiger partial charge in [-0.1, -0.05) is 0 Å². The van der Waals surface area contributed by atoms with Crippen LogP contribution in [0.2, 0.25) is 0 Å². The van der Waals surface area contributed by atoms with E-state index in [0.29, 0.717) is 12.2 Å². The summed E-state index contributed by atoms with van der Waals surface area (Å²) in [5.41, 5.74) is 0.303. The number of anilines is 1. The lowest BCUT2D eigenvalue weighted by Crippen LogP contribution is -2.50. The van der Waals surface area contributed by atoms with Gasteiger partial charge in [-0.15, -0.1) is 0 Å². The highest BCUT2D eigenvalue weighted by atomic mass is 19.1. The maximum absolute atomic E-state index is 13.9. The van der Waals surface area contributed by atoms with Crippen LogP contribution >= 0.6 is 0 Å². The summed E-state index contributed by atoms with van der Waals surface area (Å²) in [4.78, 5) is 1.87. The van der Waals surface area contributed by atoms with Crippen molar-refractivity contribution >= 4 is 5.69 Å². The molecule has 3 nitrogen and oxygen atoms in total. The molecule has 5 heteroatoms. The van der Waals surface area contributed by atoms with Gasteiger partial charge >= 0.3 is 0 Å². The van der Waals surface area contributed by atoms with Crippen molar-refractivity contribution in [2.24, 2.45) is 0 Å². The number of piperazine rings is 1. The smallest absolute Gasteiger partial charge is 0.167 e. The molecule has 1 aliphatic heterocycles. The maximum atomic E-state index is 13.9. The van der Waals surface area contributed by atoms with E-state index in [1.807, 2.05) is 11.8 Å². The van der Waals surface area contributed by atoms with Gasteiger partial charge in [0.2, 0.25) is 0 Å². The van der Waals surface area contributed by atoms with Gasteiger partial charge in [-0.3, -0.25) is 0 Å². The Morgan fingerprint density at radius 2 is 2.12 bits per heavy atom. The van der Waals surface area contributed by atoms with Crippen molar-refractivity contribution in [2.45, 2.75) is 13.0 Å². The molecule has 1 atom stereocenters. The second kappa shape index (κ2) is 4.87. The van der Waals surface area contributed by atoms with Crippen molar-refractivity contribution in [3.8, 4) is 5.75 Å². The molecule has 0 bridgehead atoms.